The van der Waals surface area contributed by atoms with Crippen molar-refractivity contribution >= 4 is 25.5 Å². The Kier molecular flexibility index (Phi) is 4.45. The minimum Gasteiger partial charge on any atom is -0.497 e. The normalized spacial score (nSPS) is 21.3. The van der Waals surface area contributed by atoms with Crippen LogP contribution in [0.25, 0.3) is 0 Å². The number of rotatable bonds is 5. The molecule has 118 valence electrons. The van der Waals surface area contributed by atoms with Gasteiger partial charge in [-0.25, -0.2) is 21.6 Å². The minimum absolute atomic E-state index is 0.0520. The van der Waals surface area contributed by atoms with E-state index in [1.807, 2.05) is 0 Å². The van der Waals surface area contributed by atoms with Crippen LogP contribution >= 0.6 is 0 Å². The zero-order chi connectivity index (χ0) is 15.7. The van der Waals surface area contributed by atoms with Crippen molar-refractivity contribution in [1.82, 2.24) is 4.72 Å². The summed E-state index contributed by atoms with van der Waals surface area (Å²) in [6, 6.07) is 4.22. The number of nitrogens with two attached hydrogens (primary N) is 1. The highest BCUT2D eigenvalue weighted by Gasteiger charge is 2.32. The van der Waals surface area contributed by atoms with Crippen LogP contribution < -0.4 is 15.2 Å². The van der Waals surface area contributed by atoms with Gasteiger partial charge in [-0.2, -0.15) is 0 Å². The lowest BCUT2D eigenvalue weighted by Crippen LogP contribution is -2.34. The monoisotopic (exact) mass is 334 g/mol. The summed E-state index contributed by atoms with van der Waals surface area (Å²) < 4.78 is 55.0. The third kappa shape index (κ3) is 3.47. The summed E-state index contributed by atoms with van der Waals surface area (Å²) in [7, 11) is -5.59. The first-order valence-corrected chi connectivity index (χ1v) is 9.61. The van der Waals surface area contributed by atoms with Crippen LogP contribution in [0.1, 0.15) is 12.8 Å². The molecule has 0 spiro atoms. The van der Waals surface area contributed by atoms with E-state index in [0.29, 0.717) is 18.6 Å². The Bertz CT molecular complexity index is 728. The molecule has 1 heterocycles. The molecule has 1 aromatic carbocycles. The smallest absolute Gasteiger partial charge is 0.242 e. The summed E-state index contributed by atoms with van der Waals surface area (Å²) in [6.45, 7) is -0.129. The van der Waals surface area contributed by atoms with Gasteiger partial charge in [0.1, 0.15) is 10.6 Å². The number of nitrogens with one attached hydrogen (secondary N) is 1. The molecule has 0 amide bonds. The molecule has 9 heteroatoms. The lowest BCUT2D eigenvalue weighted by atomic mass is 10.2. The fourth-order valence-corrected chi connectivity index (χ4v) is 5.33. The summed E-state index contributed by atoms with van der Waals surface area (Å²) in [6.07, 6.45) is 1.04. The quantitative estimate of drug-likeness (QED) is 0.740. The van der Waals surface area contributed by atoms with Gasteiger partial charge < -0.3 is 10.5 Å². The Morgan fingerprint density at radius 2 is 2.14 bits per heavy atom. The highest BCUT2D eigenvalue weighted by atomic mass is 32.2. The number of anilines is 1. The first kappa shape index (κ1) is 16.1. The Morgan fingerprint density at radius 1 is 1.43 bits per heavy atom. The van der Waals surface area contributed by atoms with Crippen molar-refractivity contribution in [2.24, 2.45) is 0 Å². The third-order valence-electron chi connectivity index (χ3n) is 3.47. The van der Waals surface area contributed by atoms with Crippen molar-refractivity contribution in [3.63, 3.8) is 0 Å². The molecule has 7 nitrogen and oxygen atoms in total. The Morgan fingerprint density at radius 3 is 2.67 bits per heavy atom. The number of nitrogen functional groups attached to an aromatic ring is 1. The molecule has 2 rings (SSSR count). The van der Waals surface area contributed by atoms with E-state index >= 15 is 0 Å². The maximum atomic E-state index is 12.2. The molecular formula is C12H18N2O5S2. The lowest BCUT2D eigenvalue weighted by molar-refractivity contribution is 0.414. The molecule has 1 aliphatic heterocycles. The zero-order valence-corrected chi connectivity index (χ0v) is 13.2. The van der Waals surface area contributed by atoms with Crippen molar-refractivity contribution in [2.75, 3.05) is 25.1 Å². The standard InChI is InChI=1S/C12H18N2O5S2/c1-19-9-4-5-12(11(13)7-9)21(17,18)14-8-10-3-2-6-20(10,15)16/h4-5,7,10,14H,2-3,6,8,13H2,1H3. The number of sulfone groups is 1. The number of hydrogen-bond donors (Lipinski definition) is 2. The van der Waals surface area contributed by atoms with E-state index in [1.54, 1.807) is 0 Å². The molecule has 3 N–H and O–H groups in total. The van der Waals surface area contributed by atoms with Crippen LogP contribution in [0.3, 0.4) is 0 Å². The molecular weight excluding hydrogens is 316 g/mol. The van der Waals surface area contributed by atoms with Gasteiger partial charge in [-0.15, -0.1) is 0 Å². The maximum absolute atomic E-state index is 12.2. The molecule has 0 aromatic heterocycles. The van der Waals surface area contributed by atoms with Crippen molar-refractivity contribution in [3.8, 4) is 5.75 Å². The molecule has 1 atom stereocenters. The summed E-state index contributed by atoms with van der Waals surface area (Å²) >= 11 is 0. The predicted molar refractivity (Wildman–Crippen MR) is 79.4 cm³/mol. The van der Waals surface area contributed by atoms with Crippen LogP contribution in [0.2, 0.25) is 0 Å². The van der Waals surface area contributed by atoms with Gasteiger partial charge >= 0.3 is 0 Å². The van der Waals surface area contributed by atoms with Gasteiger partial charge in [0.15, 0.2) is 9.84 Å². The molecule has 1 aromatic rings. The van der Waals surface area contributed by atoms with Crippen LogP contribution in [0.15, 0.2) is 23.1 Å². The van der Waals surface area contributed by atoms with E-state index in [0.717, 1.165) is 0 Å². The fourth-order valence-electron chi connectivity index (χ4n) is 2.27. The summed E-state index contributed by atoms with van der Waals surface area (Å²) in [4.78, 5) is -0.0845. The second-order valence-corrected chi connectivity index (χ2v) is 9.02. The van der Waals surface area contributed by atoms with Crippen molar-refractivity contribution in [2.45, 2.75) is 23.0 Å². The van der Waals surface area contributed by atoms with Gasteiger partial charge in [-0.05, 0) is 25.0 Å². The first-order valence-electron chi connectivity index (χ1n) is 6.41. The average Bonchev–Trinajstić information content (AvgIpc) is 2.75. The summed E-state index contributed by atoms with van der Waals surface area (Å²) in [5.41, 5.74) is 5.75. The molecule has 1 fully saturated rings. The second kappa shape index (κ2) is 5.82. The van der Waals surface area contributed by atoms with Crippen LogP contribution in [-0.4, -0.2) is 41.5 Å². The van der Waals surface area contributed by atoms with E-state index in [1.165, 1.54) is 25.3 Å². The highest BCUT2D eigenvalue weighted by molar-refractivity contribution is 7.92. The van der Waals surface area contributed by atoms with Crippen LogP contribution in [-0.2, 0) is 19.9 Å². The molecule has 0 radical (unpaired) electrons. The average molecular weight is 334 g/mol. The Balaban J connectivity index is 2.16. The van der Waals surface area contributed by atoms with Crippen LogP contribution in [0.4, 0.5) is 5.69 Å². The third-order valence-corrected chi connectivity index (χ3v) is 7.24. The van der Waals surface area contributed by atoms with E-state index < -0.39 is 25.1 Å². The largest absolute Gasteiger partial charge is 0.497 e. The Hall–Kier alpha value is -1.32. The number of sulfonamides is 1. The Labute approximate surface area is 124 Å². The van der Waals surface area contributed by atoms with E-state index in [9.17, 15) is 16.8 Å². The summed E-state index contributed by atoms with van der Waals surface area (Å²) in [5, 5.41) is -0.660. The predicted octanol–water partition coefficient (Wildman–Crippen LogP) is 0.133. The minimum atomic E-state index is -3.85. The summed E-state index contributed by atoms with van der Waals surface area (Å²) in [5.74, 6) is 0.564. The van der Waals surface area contributed by atoms with E-state index in [2.05, 4.69) is 4.72 Å². The van der Waals surface area contributed by atoms with Crippen LogP contribution in [0.5, 0.6) is 5.75 Å². The SMILES string of the molecule is COc1ccc(S(=O)(=O)NCC2CCCS2(=O)=O)c(N)c1. The van der Waals surface area contributed by atoms with Gasteiger partial charge in [0.05, 0.1) is 23.8 Å². The number of hydrogen-bond acceptors (Lipinski definition) is 6. The fraction of sp³-hybridized carbons (Fsp3) is 0.500. The maximum Gasteiger partial charge on any atom is 0.242 e. The number of ether oxygens (including phenoxy) is 1. The van der Waals surface area contributed by atoms with Crippen molar-refractivity contribution in [1.29, 1.82) is 0 Å². The molecule has 0 aliphatic carbocycles. The molecule has 1 aliphatic rings. The van der Waals surface area contributed by atoms with Crippen molar-refractivity contribution < 1.29 is 21.6 Å². The van der Waals surface area contributed by atoms with E-state index in [-0.39, 0.29) is 22.9 Å². The van der Waals surface area contributed by atoms with Gasteiger partial charge in [-0.3, -0.25) is 0 Å². The lowest BCUT2D eigenvalue weighted by Gasteiger charge is -2.13. The number of benzene rings is 1. The second-order valence-electron chi connectivity index (χ2n) is 4.89. The molecule has 1 unspecified atom stereocenters. The molecule has 0 saturated carbocycles. The van der Waals surface area contributed by atoms with Gasteiger partial charge in [0, 0.05) is 12.6 Å². The van der Waals surface area contributed by atoms with Gasteiger partial charge in [-0.1, -0.05) is 0 Å². The molecule has 0 bridgehead atoms. The van der Waals surface area contributed by atoms with Gasteiger partial charge in [0.2, 0.25) is 10.0 Å². The van der Waals surface area contributed by atoms with E-state index in [4.69, 9.17) is 10.5 Å². The highest BCUT2D eigenvalue weighted by Crippen LogP contribution is 2.24. The molecule has 21 heavy (non-hydrogen) atoms. The van der Waals surface area contributed by atoms with Gasteiger partial charge in [0.25, 0.3) is 0 Å². The topological polar surface area (TPSA) is 116 Å². The molecule has 1 saturated heterocycles. The van der Waals surface area contributed by atoms with Crippen molar-refractivity contribution in [3.05, 3.63) is 18.2 Å². The van der Waals surface area contributed by atoms with Crippen LogP contribution in [0, 0.1) is 0 Å². The zero-order valence-electron chi connectivity index (χ0n) is 11.6. The first-order chi connectivity index (χ1) is 9.76. The number of methoxy groups -OCH3 is 1.